The third-order valence-electron chi connectivity index (χ3n) is 2.39. The Morgan fingerprint density at radius 2 is 2.06 bits per heavy atom. The summed E-state index contributed by atoms with van der Waals surface area (Å²) in [5.41, 5.74) is 0.0802. The zero-order valence-corrected chi connectivity index (χ0v) is 11.5. The molecule has 5 heteroatoms. The molecule has 0 aliphatic heterocycles. The number of ether oxygens (including phenoxy) is 1. The van der Waals surface area contributed by atoms with Crippen LogP contribution in [0.3, 0.4) is 0 Å². The van der Waals surface area contributed by atoms with Gasteiger partial charge in [0.2, 0.25) is 0 Å². The number of carbonyl (C=O) groups is 1. The fourth-order valence-corrected chi connectivity index (χ4v) is 1.65. The number of carbonyl (C=O) groups excluding carboxylic acids is 1. The molecule has 1 rings (SSSR count). The van der Waals surface area contributed by atoms with Crippen molar-refractivity contribution in [3.8, 4) is 0 Å². The summed E-state index contributed by atoms with van der Waals surface area (Å²) in [5, 5.41) is 4.25. The van der Waals surface area contributed by atoms with Gasteiger partial charge in [-0.1, -0.05) is 23.2 Å². The highest BCUT2D eigenvalue weighted by Gasteiger charge is 2.28. The predicted molar refractivity (Wildman–Crippen MR) is 70.7 cm³/mol. The largest absolute Gasteiger partial charge is 0.469 e. The monoisotopic (exact) mass is 275 g/mol. The first-order valence-electron chi connectivity index (χ1n) is 5.14. The maximum absolute atomic E-state index is 11.5. The summed E-state index contributed by atoms with van der Waals surface area (Å²) in [7, 11) is 1.37. The number of rotatable bonds is 4. The molecule has 3 nitrogen and oxygen atoms in total. The Morgan fingerprint density at radius 1 is 1.41 bits per heavy atom. The predicted octanol–water partition coefficient (Wildman–Crippen LogP) is 3.60. The molecule has 1 N–H and O–H groups in total. The molecule has 0 saturated heterocycles. The molecule has 0 bridgehead atoms. The topological polar surface area (TPSA) is 38.3 Å². The summed E-state index contributed by atoms with van der Waals surface area (Å²) in [6, 6.07) is 5.13. The molecule has 0 saturated carbocycles. The van der Waals surface area contributed by atoms with Gasteiger partial charge in [-0.2, -0.15) is 0 Å². The van der Waals surface area contributed by atoms with Crippen molar-refractivity contribution in [2.24, 2.45) is 5.41 Å². The Bertz CT molecular complexity index is 419. The molecular weight excluding hydrogens is 261 g/mol. The number of hydrogen-bond acceptors (Lipinski definition) is 3. The summed E-state index contributed by atoms with van der Waals surface area (Å²) in [6.07, 6.45) is 0. The maximum atomic E-state index is 11.5. The molecule has 0 amide bonds. The van der Waals surface area contributed by atoms with Gasteiger partial charge < -0.3 is 10.1 Å². The maximum Gasteiger partial charge on any atom is 0.313 e. The van der Waals surface area contributed by atoms with Gasteiger partial charge in [0.15, 0.2) is 0 Å². The van der Waals surface area contributed by atoms with E-state index in [1.165, 1.54) is 7.11 Å². The van der Waals surface area contributed by atoms with E-state index in [0.29, 0.717) is 22.3 Å². The Balaban J connectivity index is 2.73. The zero-order valence-electron chi connectivity index (χ0n) is 10.0. The SMILES string of the molecule is COC(=O)C(C)(C)CNc1cc(Cl)ccc1Cl. The molecule has 0 aliphatic rings. The average molecular weight is 276 g/mol. The van der Waals surface area contributed by atoms with Crippen LogP contribution in [0.1, 0.15) is 13.8 Å². The van der Waals surface area contributed by atoms with Crippen LogP contribution in [0.5, 0.6) is 0 Å². The van der Waals surface area contributed by atoms with E-state index in [9.17, 15) is 4.79 Å². The molecule has 0 fully saturated rings. The van der Waals surface area contributed by atoms with Crippen molar-refractivity contribution in [2.75, 3.05) is 19.0 Å². The molecular formula is C12H15Cl2NO2. The molecule has 0 aliphatic carbocycles. The van der Waals surface area contributed by atoms with Gasteiger partial charge in [0, 0.05) is 11.6 Å². The molecule has 94 valence electrons. The van der Waals surface area contributed by atoms with Gasteiger partial charge in [0.25, 0.3) is 0 Å². The highest BCUT2D eigenvalue weighted by Crippen LogP contribution is 2.27. The second kappa shape index (κ2) is 5.61. The zero-order chi connectivity index (χ0) is 13.1. The minimum Gasteiger partial charge on any atom is -0.469 e. The number of hydrogen-bond donors (Lipinski definition) is 1. The molecule has 0 atom stereocenters. The van der Waals surface area contributed by atoms with Gasteiger partial charge in [-0.05, 0) is 32.0 Å². The van der Waals surface area contributed by atoms with E-state index in [0.717, 1.165) is 0 Å². The molecule has 1 aromatic rings. The van der Waals surface area contributed by atoms with E-state index >= 15 is 0 Å². The Kier molecular flexibility index (Phi) is 4.66. The van der Waals surface area contributed by atoms with Gasteiger partial charge in [-0.25, -0.2) is 0 Å². The average Bonchev–Trinajstić information content (AvgIpc) is 2.29. The molecule has 0 spiro atoms. The standard InChI is InChI=1S/C12H15Cl2NO2/c1-12(2,11(16)17-3)7-15-10-6-8(13)4-5-9(10)14/h4-6,15H,7H2,1-3H3. The Hall–Kier alpha value is -0.930. The Morgan fingerprint density at radius 3 is 2.65 bits per heavy atom. The molecule has 1 aromatic carbocycles. The van der Waals surface area contributed by atoms with Crippen LogP contribution in [0.25, 0.3) is 0 Å². The van der Waals surface area contributed by atoms with E-state index in [4.69, 9.17) is 27.9 Å². The van der Waals surface area contributed by atoms with Gasteiger partial charge in [0.05, 0.1) is 23.2 Å². The van der Waals surface area contributed by atoms with Crippen LogP contribution in [0.2, 0.25) is 10.0 Å². The summed E-state index contributed by atoms with van der Waals surface area (Å²) in [6.45, 7) is 4.01. The number of nitrogens with one attached hydrogen (secondary N) is 1. The lowest BCUT2D eigenvalue weighted by Gasteiger charge is -2.22. The van der Waals surface area contributed by atoms with Crippen molar-refractivity contribution < 1.29 is 9.53 Å². The number of esters is 1. The van der Waals surface area contributed by atoms with Crippen molar-refractivity contribution in [2.45, 2.75) is 13.8 Å². The summed E-state index contributed by atoms with van der Waals surface area (Å²) >= 11 is 11.9. The third-order valence-corrected chi connectivity index (χ3v) is 2.95. The molecule has 0 radical (unpaired) electrons. The van der Waals surface area contributed by atoms with E-state index in [-0.39, 0.29) is 5.97 Å². The minimum atomic E-state index is -0.625. The highest BCUT2D eigenvalue weighted by molar-refractivity contribution is 6.35. The van der Waals surface area contributed by atoms with E-state index < -0.39 is 5.41 Å². The normalized spacial score (nSPS) is 11.1. The second-order valence-electron chi connectivity index (χ2n) is 4.35. The lowest BCUT2D eigenvalue weighted by Crippen LogP contribution is -2.33. The number of halogens is 2. The van der Waals surface area contributed by atoms with Crippen molar-refractivity contribution >= 4 is 34.9 Å². The van der Waals surface area contributed by atoms with Crippen molar-refractivity contribution in [1.29, 1.82) is 0 Å². The molecule has 0 heterocycles. The number of anilines is 1. The summed E-state index contributed by atoms with van der Waals surface area (Å²) in [4.78, 5) is 11.5. The van der Waals surface area contributed by atoms with Crippen LogP contribution < -0.4 is 5.32 Å². The lowest BCUT2D eigenvalue weighted by atomic mass is 9.93. The van der Waals surface area contributed by atoms with Crippen LogP contribution in [-0.4, -0.2) is 19.6 Å². The number of methoxy groups -OCH3 is 1. The van der Waals surface area contributed by atoms with Crippen LogP contribution >= 0.6 is 23.2 Å². The van der Waals surface area contributed by atoms with E-state index in [1.54, 1.807) is 32.0 Å². The first-order valence-corrected chi connectivity index (χ1v) is 5.90. The third kappa shape index (κ3) is 3.79. The quantitative estimate of drug-likeness (QED) is 0.854. The van der Waals surface area contributed by atoms with Crippen LogP contribution in [0.15, 0.2) is 18.2 Å². The Labute approximate surface area is 111 Å². The van der Waals surface area contributed by atoms with Gasteiger partial charge in [-0.3, -0.25) is 4.79 Å². The van der Waals surface area contributed by atoms with Crippen LogP contribution in [0.4, 0.5) is 5.69 Å². The summed E-state index contributed by atoms with van der Waals surface area (Å²) in [5.74, 6) is -0.275. The second-order valence-corrected chi connectivity index (χ2v) is 5.20. The molecule has 17 heavy (non-hydrogen) atoms. The van der Waals surface area contributed by atoms with Gasteiger partial charge >= 0.3 is 5.97 Å². The first kappa shape index (κ1) is 14.1. The minimum absolute atomic E-state index is 0.275. The van der Waals surface area contributed by atoms with Crippen LogP contribution in [-0.2, 0) is 9.53 Å². The first-order chi connectivity index (χ1) is 7.86. The van der Waals surface area contributed by atoms with Gasteiger partial charge in [0.1, 0.15) is 0 Å². The molecule has 0 unspecified atom stereocenters. The van der Waals surface area contributed by atoms with Crippen molar-refractivity contribution in [3.63, 3.8) is 0 Å². The van der Waals surface area contributed by atoms with Crippen molar-refractivity contribution in [1.82, 2.24) is 0 Å². The molecule has 0 aromatic heterocycles. The smallest absolute Gasteiger partial charge is 0.313 e. The van der Waals surface area contributed by atoms with Crippen LogP contribution in [0, 0.1) is 5.41 Å². The fourth-order valence-electron chi connectivity index (χ4n) is 1.30. The van der Waals surface area contributed by atoms with Gasteiger partial charge in [-0.15, -0.1) is 0 Å². The van der Waals surface area contributed by atoms with E-state index in [2.05, 4.69) is 5.32 Å². The summed E-state index contributed by atoms with van der Waals surface area (Å²) < 4.78 is 4.72. The number of benzene rings is 1. The lowest BCUT2D eigenvalue weighted by molar-refractivity contribution is -0.149. The van der Waals surface area contributed by atoms with E-state index in [1.807, 2.05) is 0 Å². The highest BCUT2D eigenvalue weighted by atomic mass is 35.5. The van der Waals surface area contributed by atoms with Crippen molar-refractivity contribution in [3.05, 3.63) is 28.2 Å². The fraction of sp³-hybridized carbons (Fsp3) is 0.417.